The topological polar surface area (TPSA) is 0 Å². The van der Waals surface area contributed by atoms with Gasteiger partial charge in [0, 0.05) is 30.3 Å². The summed E-state index contributed by atoms with van der Waals surface area (Å²) >= 11 is 5.79. The molecule has 0 nitrogen and oxygen atoms in total. The van der Waals surface area contributed by atoms with E-state index in [1.165, 1.54) is 84.2 Å². The molecule has 9 rings (SSSR count). The van der Waals surface area contributed by atoms with Gasteiger partial charge in [-0.3, -0.25) is 0 Å². The van der Waals surface area contributed by atoms with Crippen molar-refractivity contribution in [2.45, 2.75) is 0 Å². The van der Waals surface area contributed by atoms with Crippen LogP contribution in [0.5, 0.6) is 0 Å². The SMILES string of the molecule is c1ccc(-c2cccc(-c3ccccc3)c2-c2cc3sc4cc(-c5c(-c6ccccc6)cccc5-c5ccccc5)sc4c3s2)cc1. The molecule has 3 aromatic heterocycles. The van der Waals surface area contributed by atoms with Crippen LogP contribution >= 0.6 is 34.0 Å². The van der Waals surface area contributed by atoms with Crippen LogP contribution in [0.15, 0.2) is 170 Å². The highest BCUT2D eigenvalue weighted by atomic mass is 32.1. The average molecular weight is 653 g/mol. The third-order valence-corrected chi connectivity index (χ3v) is 12.6. The molecule has 47 heavy (non-hydrogen) atoms. The molecule has 0 spiro atoms. The maximum Gasteiger partial charge on any atom is 0.0636 e. The van der Waals surface area contributed by atoms with Gasteiger partial charge in [0.15, 0.2) is 0 Å². The molecule has 3 heteroatoms. The number of rotatable bonds is 6. The first kappa shape index (κ1) is 28.2. The molecule has 9 aromatic rings. The summed E-state index contributed by atoms with van der Waals surface area (Å²) in [5.74, 6) is 0. The monoisotopic (exact) mass is 652 g/mol. The van der Waals surface area contributed by atoms with Crippen LogP contribution in [0.25, 0.3) is 84.2 Å². The largest absolute Gasteiger partial charge is 0.133 e. The van der Waals surface area contributed by atoms with E-state index in [1.807, 2.05) is 34.0 Å². The molecule has 0 fully saturated rings. The second-order valence-corrected chi connectivity index (χ2v) is 14.8. The Bertz CT molecular complexity index is 2190. The van der Waals surface area contributed by atoms with Crippen molar-refractivity contribution in [3.8, 4) is 65.4 Å². The van der Waals surface area contributed by atoms with Gasteiger partial charge in [-0.1, -0.05) is 158 Å². The molecule has 0 saturated heterocycles. The van der Waals surface area contributed by atoms with E-state index < -0.39 is 0 Å². The quantitative estimate of drug-likeness (QED) is 0.168. The Morgan fingerprint density at radius 1 is 0.277 bits per heavy atom. The standard InChI is InChI=1S/C44H28S3/c1-5-15-29(16-6-1)33-23-13-24-34(30-17-7-2-8-18-30)41(33)37-27-39-43(46-37)44-40(45-39)28-38(47-44)42-35(31-19-9-3-10-20-31)25-14-26-36(42)32-21-11-4-12-22-32/h1-28H. The molecule has 6 aromatic carbocycles. The van der Waals surface area contributed by atoms with Gasteiger partial charge < -0.3 is 0 Å². The van der Waals surface area contributed by atoms with Gasteiger partial charge >= 0.3 is 0 Å². The third-order valence-electron chi connectivity index (χ3n) is 8.78. The van der Waals surface area contributed by atoms with Crippen LogP contribution < -0.4 is 0 Å². The summed E-state index contributed by atoms with van der Waals surface area (Å²) < 4.78 is 5.49. The third kappa shape index (κ3) is 5.04. The number of hydrogen-bond acceptors (Lipinski definition) is 3. The normalized spacial score (nSPS) is 11.4. The van der Waals surface area contributed by atoms with Crippen LogP contribution in [0.4, 0.5) is 0 Å². The van der Waals surface area contributed by atoms with E-state index in [0.29, 0.717) is 0 Å². The minimum absolute atomic E-state index is 1.24. The van der Waals surface area contributed by atoms with Crippen molar-refractivity contribution in [2.75, 3.05) is 0 Å². The van der Waals surface area contributed by atoms with Gasteiger partial charge in [-0.05, 0) is 56.6 Å². The van der Waals surface area contributed by atoms with E-state index in [-0.39, 0.29) is 0 Å². The van der Waals surface area contributed by atoms with Crippen molar-refractivity contribution in [3.63, 3.8) is 0 Å². The Hall–Kier alpha value is -5.06. The van der Waals surface area contributed by atoms with Crippen LogP contribution in [0, 0.1) is 0 Å². The fraction of sp³-hybridized carbons (Fsp3) is 0. The Labute approximate surface area is 286 Å². The predicted molar refractivity (Wildman–Crippen MR) is 208 cm³/mol. The molecule has 0 bridgehead atoms. The van der Waals surface area contributed by atoms with Crippen LogP contribution in [-0.2, 0) is 0 Å². The van der Waals surface area contributed by atoms with Gasteiger partial charge in [0.1, 0.15) is 0 Å². The van der Waals surface area contributed by atoms with E-state index in [4.69, 9.17) is 0 Å². The Balaban J connectivity index is 1.25. The summed E-state index contributed by atoms with van der Waals surface area (Å²) in [4.78, 5) is 2.63. The van der Waals surface area contributed by atoms with Crippen LogP contribution in [0.1, 0.15) is 0 Å². The van der Waals surface area contributed by atoms with Gasteiger partial charge in [0.25, 0.3) is 0 Å². The molecule has 0 radical (unpaired) electrons. The molecule has 0 saturated carbocycles. The second-order valence-electron chi connectivity index (χ2n) is 11.6. The molecule has 0 aliphatic heterocycles. The molecule has 0 unspecified atom stereocenters. The highest BCUT2D eigenvalue weighted by Gasteiger charge is 2.22. The van der Waals surface area contributed by atoms with Crippen molar-refractivity contribution in [1.29, 1.82) is 0 Å². The lowest BCUT2D eigenvalue weighted by molar-refractivity contribution is 1.59. The van der Waals surface area contributed by atoms with Gasteiger partial charge in [-0.2, -0.15) is 0 Å². The molecule has 3 heterocycles. The zero-order valence-electron chi connectivity index (χ0n) is 25.4. The minimum atomic E-state index is 1.24. The average Bonchev–Trinajstić information content (AvgIpc) is 3.84. The van der Waals surface area contributed by atoms with Crippen LogP contribution in [0.3, 0.4) is 0 Å². The molecule has 0 atom stereocenters. The van der Waals surface area contributed by atoms with Crippen molar-refractivity contribution in [1.82, 2.24) is 0 Å². The summed E-state index contributed by atoms with van der Waals surface area (Å²) in [5.41, 5.74) is 12.7. The van der Waals surface area contributed by atoms with Crippen LogP contribution in [-0.4, -0.2) is 0 Å². The van der Waals surface area contributed by atoms with Gasteiger partial charge in [0.2, 0.25) is 0 Å². The number of fused-ring (bicyclic) bond motifs is 3. The van der Waals surface area contributed by atoms with Crippen molar-refractivity contribution < 1.29 is 0 Å². The Morgan fingerprint density at radius 3 is 0.872 bits per heavy atom. The predicted octanol–water partition coefficient (Wildman–Crippen LogP) is 14.2. The Kier molecular flexibility index (Phi) is 7.16. The summed E-state index contributed by atoms with van der Waals surface area (Å²) in [6, 6.07) is 61.6. The minimum Gasteiger partial charge on any atom is -0.133 e. The molecule has 0 aliphatic carbocycles. The van der Waals surface area contributed by atoms with E-state index in [2.05, 4.69) is 170 Å². The number of thiophene rings is 3. The molecule has 0 amide bonds. The lowest BCUT2D eigenvalue weighted by Gasteiger charge is -2.14. The zero-order chi connectivity index (χ0) is 31.2. The van der Waals surface area contributed by atoms with Crippen LogP contribution in [0.2, 0.25) is 0 Å². The highest BCUT2D eigenvalue weighted by Crippen LogP contribution is 2.52. The molecule has 0 aliphatic rings. The van der Waals surface area contributed by atoms with Crippen molar-refractivity contribution in [3.05, 3.63) is 170 Å². The molecular weight excluding hydrogens is 625 g/mol. The fourth-order valence-corrected chi connectivity index (χ4v) is 10.8. The maximum atomic E-state index is 2.43. The molecule has 222 valence electrons. The lowest BCUT2D eigenvalue weighted by Crippen LogP contribution is -1.88. The van der Waals surface area contributed by atoms with Gasteiger partial charge in [-0.15, -0.1) is 34.0 Å². The first-order valence-electron chi connectivity index (χ1n) is 15.8. The second kappa shape index (κ2) is 11.9. The summed E-state index contributed by atoms with van der Waals surface area (Å²) in [7, 11) is 0. The van der Waals surface area contributed by atoms with Gasteiger partial charge in [0.05, 0.1) is 9.40 Å². The van der Waals surface area contributed by atoms with E-state index in [0.717, 1.165) is 0 Å². The van der Waals surface area contributed by atoms with Crippen molar-refractivity contribution >= 4 is 52.8 Å². The maximum absolute atomic E-state index is 2.43. The van der Waals surface area contributed by atoms with E-state index >= 15 is 0 Å². The van der Waals surface area contributed by atoms with Gasteiger partial charge in [-0.25, -0.2) is 0 Å². The Morgan fingerprint density at radius 2 is 0.574 bits per heavy atom. The number of hydrogen-bond donors (Lipinski definition) is 0. The van der Waals surface area contributed by atoms with E-state index in [9.17, 15) is 0 Å². The summed E-state index contributed by atoms with van der Waals surface area (Å²) in [5, 5.41) is 0. The summed E-state index contributed by atoms with van der Waals surface area (Å²) in [6.45, 7) is 0. The molecule has 0 N–H and O–H groups in total. The van der Waals surface area contributed by atoms with E-state index in [1.54, 1.807) is 0 Å². The number of benzene rings is 6. The highest BCUT2D eigenvalue weighted by molar-refractivity contribution is 7.40. The fourth-order valence-electron chi connectivity index (χ4n) is 6.65. The van der Waals surface area contributed by atoms with Crippen molar-refractivity contribution in [2.24, 2.45) is 0 Å². The lowest BCUT2D eigenvalue weighted by atomic mass is 9.91. The first-order valence-corrected chi connectivity index (χ1v) is 18.2. The zero-order valence-corrected chi connectivity index (χ0v) is 27.8. The molecular formula is C44H28S3. The first-order chi connectivity index (χ1) is 23.3. The smallest absolute Gasteiger partial charge is 0.0636 e. The summed E-state index contributed by atoms with van der Waals surface area (Å²) in [6.07, 6.45) is 0.